The van der Waals surface area contributed by atoms with Gasteiger partial charge in [-0.2, -0.15) is 5.26 Å². The highest BCUT2D eigenvalue weighted by Gasteiger charge is 2.26. The summed E-state index contributed by atoms with van der Waals surface area (Å²) in [7, 11) is -3.48. The van der Waals surface area contributed by atoms with Gasteiger partial charge >= 0.3 is 0 Å². The summed E-state index contributed by atoms with van der Waals surface area (Å²) >= 11 is 6.16. The molecule has 4 rings (SSSR count). The van der Waals surface area contributed by atoms with Gasteiger partial charge in [0.05, 0.1) is 26.9 Å². The van der Waals surface area contributed by atoms with Gasteiger partial charge in [-0.05, 0) is 49.7 Å². The summed E-state index contributed by atoms with van der Waals surface area (Å²) in [5, 5.41) is 9.83. The van der Waals surface area contributed by atoms with Crippen LogP contribution in [0.2, 0.25) is 5.02 Å². The molecule has 0 spiro atoms. The van der Waals surface area contributed by atoms with Crippen LogP contribution in [-0.4, -0.2) is 37.7 Å². The van der Waals surface area contributed by atoms with Gasteiger partial charge in [-0.3, -0.25) is 0 Å². The summed E-state index contributed by atoms with van der Waals surface area (Å²) in [5.41, 5.74) is 5.17. The van der Waals surface area contributed by atoms with E-state index in [1.165, 1.54) is 0 Å². The van der Waals surface area contributed by atoms with E-state index in [0.717, 1.165) is 47.5 Å². The standard InChI is InChI=1S/C24H24ClN5O2S/c1-4-30(18-6-7-20(25)23(12-18)33(3,31)32)24-19-14-29(10-9-21(19)27-15-28-24)22-8-5-16(2)11-17(22)13-26/h5-8,11-12,15H,4,9-10,14H2,1-3H3. The van der Waals surface area contributed by atoms with Crippen LogP contribution in [0.5, 0.6) is 0 Å². The van der Waals surface area contributed by atoms with Gasteiger partial charge in [0.1, 0.15) is 18.2 Å². The molecule has 0 saturated carbocycles. The Labute approximate surface area is 199 Å². The number of halogens is 1. The fourth-order valence-electron chi connectivity index (χ4n) is 4.18. The van der Waals surface area contributed by atoms with Crippen LogP contribution in [0.4, 0.5) is 17.2 Å². The zero-order chi connectivity index (χ0) is 23.8. The van der Waals surface area contributed by atoms with E-state index < -0.39 is 9.84 Å². The van der Waals surface area contributed by atoms with E-state index in [-0.39, 0.29) is 9.92 Å². The quantitative estimate of drug-likeness (QED) is 0.532. The molecule has 0 bridgehead atoms. The molecular formula is C24H24ClN5O2S. The molecule has 0 N–H and O–H groups in total. The number of nitrogens with zero attached hydrogens (tertiary/aromatic N) is 5. The minimum atomic E-state index is -3.48. The van der Waals surface area contributed by atoms with Crippen molar-refractivity contribution in [3.63, 3.8) is 0 Å². The van der Waals surface area contributed by atoms with Gasteiger partial charge in [-0.15, -0.1) is 0 Å². The number of hydrogen-bond donors (Lipinski definition) is 0. The largest absolute Gasteiger partial charge is 0.366 e. The lowest BCUT2D eigenvalue weighted by molar-refractivity contribution is 0.602. The third kappa shape index (κ3) is 4.52. The molecule has 1 aliphatic heterocycles. The molecule has 7 nitrogen and oxygen atoms in total. The topological polar surface area (TPSA) is 90.2 Å². The van der Waals surface area contributed by atoms with Gasteiger partial charge in [-0.1, -0.05) is 17.7 Å². The molecule has 2 aromatic carbocycles. The van der Waals surface area contributed by atoms with Crippen LogP contribution >= 0.6 is 11.6 Å². The molecule has 0 saturated heterocycles. The van der Waals surface area contributed by atoms with Crippen molar-refractivity contribution in [3.05, 3.63) is 70.1 Å². The van der Waals surface area contributed by atoms with Crippen LogP contribution in [0.25, 0.3) is 0 Å². The zero-order valence-corrected chi connectivity index (χ0v) is 20.3. The van der Waals surface area contributed by atoms with E-state index in [1.54, 1.807) is 24.5 Å². The number of sulfone groups is 1. The lowest BCUT2D eigenvalue weighted by atomic mass is 10.0. The summed E-state index contributed by atoms with van der Waals surface area (Å²) in [6.45, 7) is 5.82. The molecule has 33 heavy (non-hydrogen) atoms. The number of nitriles is 1. The Hall–Kier alpha value is -3.15. The Kier molecular flexibility index (Phi) is 6.28. The smallest absolute Gasteiger partial charge is 0.177 e. The number of aromatic nitrogens is 2. The number of hydrogen-bond acceptors (Lipinski definition) is 7. The molecule has 0 amide bonds. The van der Waals surface area contributed by atoms with E-state index in [0.29, 0.717) is 24.3 Å². The van der Waals surface area contributed by atoms with Crippen molar-refractivity contribution in [1.29, 1.82) is 5.26 Å². The third-order valence-corrected chi connectivity index (χ3v) is 7.37. The fourth-order valence-corrected chi connectivity index (χ4v) is 5.47. The van der Waals surface area contributed by atoms with Gasteiger partial charge in [0.15, 0.2) is 9.84 Å². The van der Waals surface area contributed by atoms with E-state index in [2.05, 4.69) is 20.9 Å². The molecule has 0 unspecified atom stereocenters. The Morgan fingerprint density at radius 3 is 2.70 bits per heavy atom. The first-order valence-electron chi connectivity index (χ1n) is 10.6. The molecule has 9 heteroatoms. The van der Waals surface area contributed by atoms with E-state index in [1.807, 2.05) is 36.9 Å². The van der Waals surface area contributed by atoms with Crippen molar-refractivity contribution >= 4 is 38.6 Å². The third-order valence-electron chi connectivity index (χ3n) is 5.79. The molecule has 3 aromatic rings. The molecule has 1 aromatic heterocycles. The Morgan fingerprint density at radius 2 is 2.00 bits per heavy atom. The van der Waals surface area contributed by atoms with Gasteiger partial charge in [0, 0.05) is 43.6 Å². The Bertz CT molecular complexity index is 1370. The SMILES string of the molecule is CCN(c1ccc(Cl)c(S(C)(=O)=O)c1)c1ncnc2c1CN(c1ccc(C)cc1C#N)CC2. The van der Waals surface area contributed by atoms with Crippen molar-refractivity contribution < 1.29 is 8.42 Å². The zero-order valence-electron chi connectivity index (χ0n) is 18.7. The Balaban J connectivity index is 1.77. The maximum Gasteiger partial charge on any atom is 0.177 e. The number of anilines is 3. The summed E-state index contributed by atoms with van der Waals surface area (Å²) in [5.74, 6) is 0.722. The lowest BCUT2D eigenvalue weighted by Crippen LogP contribution is -2.33. The highest BCUT2D eigenvalue weighted by molar-refractivity contribution is 7.90. The van der Waals surface area contributed by atoms with E-state index >= 15 is 0 Å². The number of rotatable bonds is 5. The van der Waals surface area contributed by atoms with Crippen molar-refractivity contribution in [2.45, 2.75) is 31.7 Å². The molecule has 0 aliphatic carbocycles. The van der Waals surface area contributed by atoms with Gasteiger partial charge in [-0.25, -0.2) is 18.4 Å². The summed E-state index contributed by atoms with van der Waals surface area (Å²) < 4.78 is 24.4. The molecule has 2 heterocycles. The second kappa shape index (κ2) is 9.00. The number of benzene rings is 2. The highest BCUT2D eigenvalue weighted by atomic mass is 35.5. The van der Waals surface area contributed by atoms with Crippen molar-refractivity contribution in [2.75, 3.05) is 29.1 Å². The molecule has 0 fully saturated rings. The van der Waals surface area contributed by atoms with Crippen LogP contribution in [0.15, 0.2) is 47.6 Å². The van der Waals surface area contributed by atoms with Crippen molar-refractivity contribution in [2.24, 2.45) is 0 Å². The average Bonchev–Trinajstić information content (AvgIpc) is 2.79. The molecule has 0 atom stereocenters. The second-order valence-corrected chi connectivity index (χ2v) is 10.4. The lowest BCUT2D eigenvalue weighted by Gasteiger charge is -2.34. The fraction of sp³-hybridized carbons (Fsp3) is 0.292. The maximum atomic E-state index is 12.2. The molecule has 170 valence electrons. The van der Waals surface area contributed by atoms with Gasteiger partial charge < -0.3 is 9.80 Å². The van der Waals surface area contributed by atoms with Crippen LogP contribution < -0.4 is 9.80 Å². The number of fused-ring (bicyclic) bond motifs is 1. The van der Waals surface area contributed by atoms with Crippen molar-refractivity contribution in [1.82, 2.24) is 9.97 Å². The monoisotopic (exact) mass is 481 g/mol. The summed E-state index contributed by atoms with van der Waals surface area (Å²) in [6, 6.07) is 13.2. The molecule has 1 aliphatic rings. The minimum Gasteiger partial charge on any atom is -0.366 e. The van der Waals surface area contributed by atoms with Gasteiger partial charge in [0.25, 0.3) is 0 Å². The highest BCUT2D eigenvalue weighted by Crippen LogP contribution is 2.35. The average molecular weight is 482 g/mol. The molecular weight excluding hydrogens is 458 g/mol. The number of aryl methyl sites for hydroxylation is 1. The van der Waals surface area contributed by atoms with Crippen molar-refractivity contribution in [3.8, 4) is 6.07 Å². The predicted octanol–water partition coefficient (Wildman–Crippen LogP) is 4.43. The van der Waals surface area contributed by atoms with Crippen LogP contribution in [-0.2, 0) is 22.8 Å². The van der Waals surface area contributed by atoms with Crippen LogP contribution in [0, 0.1) is 18.3 Å². The first-order chi connectivity index (χ1) is 15.7. The Morgan fingerprint density at radius 1 is 1.21 bits per heavy atom. The first-order valence-corrected chi connectivity index (χ1v) is 12.9. The van der Waals surface area contributed by atoms with E-state index in [4.69, 9.17) is 11.6 Å². The van der Waals surface area contributed by atoms with Crippen LogP contribution in [0.3, 0.4) is 0 Å². The maximum absolute atomic E-state index is 12.2. The first kappa shape index (κ1) is 23.0. The summed E-state index contributed by atoms with van der Waals surface area (Å²) in [4.78, 5) is 13.3. The van der Waals surface area contributed by atoms with Crippen LogP contribution in [0.1, 0.15) is 29.3 Å². The normalized spacial score (nSPS) is 13.4. The predicted molar refractivity (Wildman–Crippen MR) is 130 cm³/mol. The van der Waals surface area contributed by atoms with Gasteiger partial charge in [0.2, 0.25) is 0 Å². The minimum absolute atomic E-state index is 0.0861. The van der Waals surface area contributed by atoms with E-state index in [9.17, 15) is 13.7 Å². The second-order valence-electron chi connectivity index (χ2n) is 8.06. The summed E-state index contributed by atoms with van der Waals surface area (Å²) in [6.07, 6.45) is 3.41. The molecule has 0 radical (unpaired) electrons.